The van der Waals surface area contributed by atoms with E-state index in [2.05, 4.69) is 25.2 Å². The molecule has 0 aliphatic rings. The smallest absolute Gasteiger partial charge is 0.387 e. The summed E-state index contributed by atoms with van der Waals surface area (Å²) in [7, 11) is 0. The SMILES string of the molecule is OC(CNc1cncc2nnc(-c3ccc(OC(F)F)cc3)n12)c1ccccc1. The first-order valence-corrected chi connectivity index (χ1v) is 8.83. The van der Waals surface area contributed by atoms with Crippen molar-refractivity contribution in [2.75, 3.05) is 11.9 Å². The van der Waals surface area contributed by atoms with E-state index in [1.165, 1.54) is 12.1 Å². The highest BCUT2D eigenvalue weighted by molar-refractivity contribution is 5.63. The Bertz CT molecular complexity index is 1090. The van der Waals surface area contributed by atoms with Crippen LogP contribution in [0.15, 0.2) is 67.0 Å². The maximum absolute atomic E-state index is 12.3. The Morgan fingerprint density at radius 2 is 1.76 bits per heavy atom. The van der Waals surface area contributed by atoms with Gasteiger partial charge in [0.2, 0.25) is 0 Å². The monoisotopic (exact) mass is 397 g/mol. The van der Waals surface area contributed by atoms with Gasteiger partial charge in [-0.25, -0.2) is 0 Å². The van der Waals surface area contributed by atoms with Crippen molar-refractivity contribution >= 4 is 11.5 Å². The lowest BCUT2D eigenvalue weighted by molar-refractivity contribution is -0.0498. The van der Waals surface area contributed by atoms with E-state index in [9.17, 15) is 13.9 Å². The average Bonchev–Trinajstić information content (AvgIpc) is 3.17. The van der Waals surface area contributed by atoms with E-state index in [-0.39, 0.29) is 12.3 Å². The molecule has 1 unspecified atom stereocenters. The predicted molar refractivity (Wildman–Crippen MR) is 103 cm³/mol. The Labute approximate surface area is 164 Å². The van der Waals surface area contributed by atoms with Crippen molar-refractivity contribution in [3.63, 3.8) is 0 Å². The average molecular weight is 397 g/mol. The van der Waals surface area contributed by atoms with Gasteiger partial charge in [0, 0.05) is 12.1 Å². The molecule has 2 heterocycles. The van der Waals surface area contributed by atoms with Gasteiger partial charge in [0.25, 0.3) is 0 Å². The molecule has 0 amide bonds. The van der Waals surface area contributed by atoms with Gasteiger partial charge in [-0.3, -0.25) is 9.38 Å². The summed E-state index contributed by atoms with van der Waals surface area (Å²) in [6.07, 6.45) is 2.45. The van der Waals surface area contributed by atoms with Crippen LogP contribution < -0.4 is 10.1 Å². The topological polar surface area (TPSA) is 84.6 Å². The molecule has 2 aromatic heterocycles. The van der Waals surface area contributed by atoms with Crippen molar-refractivity contribution < 1.29 is 18.6 Å². The van der Waals surface area contributed by atoms with E-state index in [4.69, 9.17) is 0 Å². The van der Waals surface area contributed by atoms with Gasteiger partial charge in [0.15, 0.2) is 11.5 Å². The minimum absolute atomic E-state index is 0.0589. The lowest BCUT2D eigenvalue weighted by Gasteiger charge is -2.14. The van der Waals surface area contributed by atoms with Crippen LogP contribution in [0.25, 0.3) is 17.0 Å². The highest BCUT2D eigenvalue weighted by atomic mass is 19.3. The van der Waals surface area contributed by atoms with E-state index in [1.54, 1.807) is 28.9 Å². The molecule has 0 saturated carbocycles. The molecule has 0 aliphatic heterocycles. The Morgan fingerprint density at radius 3 is 2.48 bits per heavy atom. The van der Waals surface area contributed by atoms with E-state index in [0.717, 1.165) is 5.56 Å². The van der Waals surface area contributed by atoms with Crippen LogP contribution >= 0.6 is 0 Å². The standard InChI is InChI=1S/C20H17F2N5O2/c21-20(22)29-15-8-6-14(7-9-15)19-26-25-18-12-23-11-17(27(18)19)24-10-16(28)13-4-2-1-3-5-13/h1-9,11-12,16,20,24,28H,10H2. The summed E-state index contributed by atoms with van der Waals surface area (Å²) in [5.74, 6) is 1.15. The van der Waals surface area contributed by atoms with Gasteiger partial charge in [-0.1, -0.05) is 30.3 Å². The second kappa shape index (κ2) is 8.19. The Balaban J connectivity index is 1.60. The molecule has 0 spiro atoms. The van der Waals surface area contributed by atoms with Gasteiger partial charge in [-0.2, -0.15) is 8.78 Å². The van der Waals surface area contributed by atoms with Gasteiger partial charge in [0.05, 0.1) is 18.5 Å². The Hall–Kier alpha value is -3.59. The molecule has 1 atom stereocenters. The van der Waals surface area contributed by atoms with Crippen molar-refractivity contribution in [3.8, 4) is 17.1 Å². The van der Waals surface area contributed by atoms with E-state index in [1.807, 2.05) is 30.3 Å². The minimum Gasteiger partial charge on any atom is -0.435 e. The maximum Gasteiger partial charge on any atom is 0.387 e. The van der Waals surface area contributed by atoms with Crippen LogP contribution in [0.3, 0.4) is 0 Å². The number of anilines is 1. The van der Waals surface area contributed by atoms with Gasteiger partial charge in [-0.05, 0) is 29.8 Å². The van der Waals surface area contributed by atoms with E-state index in [0.29, 0.717) is 22.9 Å². The van der Waals surface area contributed by atoms with Crippen molar-refractivity contribution in [3.05, 3.63) is 72.6 Å². The summed E-state index contributed by atoms with van der Waals surface area (Å²) in [5, 5.41) is 21.9. The lowest BCUT2D eigenvalue weighted by atomic mass is 10.1. The van der Waals surface area contributed by atoms with Crippen LogP contribution in [0.5, 0.6) is 5.75 Å². The van der Waals surface area contributed by atoms with E-state index < -0.39 is 12.7 Å². The molecule has 7 nitrogen and oxygen atoms in total. The number of alkyl halides is 2. The molecule has 4 rings (SSSR count). The summed E-state index contributed by atoms with van der Waals surface area (Å²) in [6, 6.07) is 15.4. The number of ether oxygens (including phenoxy) is 1. The predicted octanol–water partition coefficient (Wildman–Crippen LogP) is 3.54. The van der Waals surface area contributed by atoms with Gasteiger partial charge >= 0.3 is 6.61 Å². The fourth-order valence-electron chi connectivity index (χ4n) is 2.94. The van der Waals surface area contributed by atoms with Crippen LogP contribution in [0.1, 0.15) is 11.7 Å². The summed E-state index contributed by atoms with van der Waals surface area (Å²) in [4.78, 5) is 4.15. The Morgan fingerprint density at radius 1 is 1.00 bits per heavy atom. The van der Waals surface area contributed by atoms with Crippen molar-refractivity contribution in [1.82, 2.24) is 19.6 Å². The van der Waals surface area contributed by atoms with Crippen LogP contribution in [-0.2, 0) is 0 Å². The minimum atomic E-state index is -2.88. The van der Waals surface area contributed by atoms with Crippen LogP contribution in [0.2, 0.25) is 0 Å². The third-order valence-corrected chi connectivity index (χ3v) is 4.31. The summed E-state index contributed by atoms with van der Waals surface area (Å²) in [5.41, 5.74) is 1.96. The van der Waals surface area contributed by atoms with Gasteiger partial charge < -0.3 is 15.2 Å². The second-order valence-corrected chi connectivity index (χ2v) is 6.22. The molecular weight excluding hydrogens is 380 g/mol. The number of nitrogens with zero attached hydrogens (tertiary/aromatic N) is 4. The molecule has 0 fully saturated rings. The molecule has 29 heavy (non-hydrogen) atoms. The summed E-state index contributed by atoms with van der Waals surface area (Å²) < 4.78 is 30.8. The van der Waals surface area contributed by atoms with E-state index >= 15 is 0 Å². The van der Waals surface area contributed by atoms with Crippen LogP contribution in [0, 0.1) is 0 Å². The number of fused-ring (bicyclic) bond motifs is 1. The molecule has 2 aromatic carbocycles. The first-order chi connectivity index (χ1) is 14.1. The molecule has 9 heteroatoms. The molecule has 2 N–H and O–H groups in total. The highest BCUT2D eigenvalue weighted by Crippen LogP contribution is 2.25. The molecule has 148 valence electrons. The molecule has 4 aromatic rings. The molecular formula is C20H17F2N5O2. The number of aromatic nitrogens is 4. The van der Waals surface area contributed by atoms with Crippen LogP contribution in [0.4, 0.5) is 14.6 Å². The highest BCUT2D eigenvalue weighted by Gasteiger charge is 2.14. The molecule has 0 radical (unpaired) electrons. The number of hydrogen-bond acceptors (Lipinski definition) is 6. The van der Waals surface area contributed by atoms with Gasteiger partial charge in [0.1, 0.15) is 11.6 Å². The van der Waals surface area contributed by atoms with Crippen molar-refractivity contribution in [2.45, 2.75) is 12.7 Å². The number of aliphatic hydroxyl groups is 1. The number of aliphatic hydroxyl groups excluding tert-OH is 1. The number of halogens is 2. The molecule has 0 saturated heterocycles. The van der Waals surface area contributed by atoms with Crippen molar-refractivity contribution in [2.24, 2.45) is 0 Å². The summed E-state index contributed by atoms with van der Waals surface area (Å²) >= 11 is 0. The first kappa shape index (κ1) is 18.8. The third kappa shape index (κ3) is 4.14. The lowest BCUT2D eigenvalue weighted by Crippen LogP contribution is -2.14. The zero-order valence-electron chi connectivity index (χ0n) is 15.1. The Kier molecular flexibility index (Phi) is 5.30. The largest absolute Gasteiger partial charge is 0.435 e. The fraction of sp³-hybridized carbons (Fsp3) is 0.150. The number of nitrogens with one attached hydrogen (secondary N) is 1. The zero-order chi connectivity index (χ0) is 20.2. The maximum atomic E-state index is 12.3. The normalized spacial score (nSPS) is 12.3. The molecule has 0 bridgehead atoms. The quantitative estimate of drug-likeness (QED) is 0.496. The van der Waals surface area contributed by atoms with Crippen molar-refractivity contribution in [1.29, 1.82) is 0 Å². The first-order valence-electron chi connectivity index (χ1n) is 8.83. The van der Waals surface area contributed by atoms with Gasteiger partial charge in [-0.15, -0.1) is 10.2 Å². The fourth-order valence-corrected chi connectivity index (χ4v) is 2.94. The zero-order valence-corrected chi connectivity index (χ0v) is 15.1. The molecule has 0 aliphatic carbocycles. The number of hydrogen-bond donors (Lipinski definition) is 2. The third-order valence-electron chi connectivity index (χ3n) is 4.31. The second-order valence-electron chi connectivity index (χ2n) is 6.22. The van der Waals surface area contributed by atoms with Crippen LogP contribution in [-0.4, -0.2) is 37.8 Å². The number of rotatable bonds is 7. The summed E-state index contributed by atoms with van der Waals surface area (Å²) in [6.45, 7) is -2.63. The number of benzene rings is 2.